The third kappa shape index (κ3) is 6.37. The molecular weight excluding hydrogens is 316 g/mol. The molecule has 3 N–H and O–H groups in total. The van der Waals surface area contributed by atoms with Crippen LogP contribution in [0.4, 0.5) is 4.79 Å². The number of urea groups is 1. The average Bonchev–Trinajstić information content (AvgIpc) is 2.69. The van der Waals surface area contributed by atoms with E-state index in [2.05, 4.69) is 26.6 Å². The Hall–Kier alpha value is -0.590. The number of carbonyl (C=O) groups is 1. The third-order valence-corrected chi connectivity index (χ3v) is 3.98. The van der Waals surface area contributed by atoms with Crippen LogP contribution >= 0.6 is 27.3 Å². The molecule has 6 heteroatoms. The van der Waals surface area contributed by atoms with Crippen LogP contribution in [0.3, 0.4) is 0 Å². The Morgan fingerprint density at radius 1 is 1.50 bits per heavy atom. The maximum Gasteiger partial charge on any atom is 0.315 e. The molecule has 0 radical (unpaired) electrons. The molecule has 0 aliphatic heterocycles. The second-order valence-electron chi connectivity index (χ2n) is 4.58. The van der Waals surface area contributed by atoms with Crippen LogP contribution < -0.4 is 10.6 Å². The average molecular weight is 335 g/mol. The fraction of sp³-hybridized carbons (Fsp3) is 0.583. The van der Waals surface area contributed by atoms with E-state index >= 15 is 0 Å². The van der Waals surface area contributed by atoms with Crippen molar-refractivity contribution in [2.45, 2.75) is 32.9 Å². The Morgan fingerprint density at radius 3 is 2.78 bits per heavy atom. The van der Waals surface area contributed by atoms with Crippen LogP contribution in [0, 0.1) is 5.92 Å². The van der Waals surface area contributed by atoms with Crippen molar-refractivity contribution in [1.82, 2.24) is 10.6 Å². The van der Waals surface area contributed by atoms with E-state index in [1.54, 1.807) is 11.3 Å². The van der Waals surface area contributed by atoms with Gasteiger partial charge in [-0.1, -0.05) is 13.8 Å². The van der Waals surface area contributed by atoms with E-state index in [4.69, 9.17) is 0 Å². The minimum atomic E-state index is -0.480. The smallest absolute Gasteiger partial charge is 0.315 e. The van der Waals surface area contributed by atoms with E-state index in [1.165, 1.54) is 0 Å². The maximum atomic E-state index is 11.5. The Bertz CT molecular complexity index is 382. The van der Waals surface area contributed by atoms with Gasteiger partial charge in [0.1, 0.15) is 0 Å². The number of halogens is 1. The summed E-state index contributed by atoms with van der Waals surface area (Å²) in [5, 5.41) is 17.0. The largest absolute Gasteiger partial charge is 0.391 e. The Labute approximate surface area is 120 Å². The summed E-state index contributed by atoms with van der Waals surface area (Å²) in [5.74, 6) is 0.424. The first-order valence-electron chi connectivity index (χ1n) is 5.90. The molecule has 0 aromatic carbocycles. The summed E-state index contributed by atoms with van der Waals surface area (Å²) in [6, 6.07) is 1.72. The van der Waals surface area contributed by atoms with E-state index in [1.807, 2.05) is 25.3 Å². The molecule has 1 atom stereocenters. The van der Waals surface area contributed by atoms with Gasteiger partial charge >= 0.3 is 6.03 Å². The van der Waals surface area contributed by atoms with Gasteiger partial charge in [0.05, 0.1) is 12.6 Å². The summed E-state index contributed by atoms with van der Waals surface area (Å²) in [5.41, 5.74) is 0. The molecule has 0 aliphatic carbocycles. The molecule has 0 spiro atoms. The zero-order valence-corrected chi connectivity index (χ0v) is 13.0. The van der Waals surface area contributed by atoms with Crippen molar-refractivity contribution in [3.63, 3.8) is 0 Å². The number of hydrogen-bond acceptors (Lipinski definition) is 3. The van der Waals surface area contributed by atoms with Gasteiger partial charge in [-0.25, -0.2) is 4.79 Å². The fourth-order valence-corrected chi connectivity index (χ4v) is 2.91. The number of thiophene rings is 1. The number of rotatable bonds is 6. The molecule has 0 fully saturated rings. The van der Waals surface area contributed by atoms with Crippen molar-refractivity contribution < 1.29 is 9.90 Å². The van der Waals surface area contributed by atoms with Crippen LogP contribution in [0.2, 0.25) is 0 Å². The second-order valence-corrected chi connectivity index (χ2v) is 6.49. The summed E-state index contributed by atoms with van der Waals surface area (Å²) < 4.78 is 1.03. The summed E-state index contributed by atoms with van der Waals surface area (Å²) in [7, 11) is 0. The van der Waals surface area contributed by atoms with Crippen molar-refractivity contribution >= 4 is 33.3 Å². The van der Waals surface area contributed by atoms with Gasteiger partial charge in [0.15, 0.2) is 0 Å². The Morgan fingerprint density at radius 2 is 2.22 bits per heavy atom. The normalized spacial score (nSPS) is 12.5. The molecular formula is C12H19BrN2O2S. The van der Waals surface area contributed by atoms with E-state index in [-0.39, 0.29) is 12.6 Å². The highest BCUT2D eigenvalue weighted by molar-refractivity contribution is 9.10. The van der Waals surface area contributed by atoms with Crippen molar-refractivity contribution in [3.05, 3.63) is 20.8 Å². The molecule has 18 heavy (non-hydrogen) atoms. The molecule has 102 valence electrons. The van der Waals surface area contributed by atoms with Crippen LogP contribution in [0.5, 0.6) is 0 Å². The van der Waals surface area contributed by atoms with Gasteiger partial charge in [-0.15, -0.1) is 11.3 Å². The molecule has 1 aromatic rings. The fourth-order valence-electron chi connectivity index (χ4n) is 1.51. The molecule has 0 bridgehead atoms. The van der Waals surface area contributed by atoms with Crippen LogP contribution in [-0.4, -0.2) is 23.8 Å². The lowest BCUT2D eigenvalue weighted by Gasteiger charge is -2.14. The van der Waals surface area contributed by atoms with Gasteiger partial charge in [-0.2, -0.15) is 0 Å². The number of aliphatic hydroxyl groups is 1. The molecule has 0 saturated carbocycles. The van der Waals surface area contributed by atoms with Gasteiger partial charge in [0, 0.05) is 21.3 Å². The molecule has 2 amide bonds. The van der Waals surface area contributed by atoms with E-state index < -0.39 is 6.10 Å². The SMILES string of the molecule is CC(C)CC(O)CNC(=O)NCc1cc(Br)cs1. The van der Waals surface area contributed by atoms with Crippen LogP contribution in [0.15, 0.2) is 15.9 Å². The summed E-state index contributed by atoms with van der Waals surface area (Å²) in [4.78, 5) is 12.6. The van der Waals surface area contributed by atoms with Gasteiger partial charge in [-0.05, 0) is 34.3 Å². The number of amides is 2. The highest BCUT2D eigenvalue weighted by atomic mass is 79.9. The Balaban J connectivity index is 2.18. The lowest BCUT2D eigenvalue weighted by Crippen LogP contribution is -2.39. The molecule has 1 rings (SSSR count). The van der Waals surface area contributed by atoms with Gasteiger partial charge in [0.25, 0.3) is 0 Å². The standard InChI is InChI=1S/C12H19BrN2O2S/c1-8(2)3-10(16)5-14-12(17)15-6-11-4-9(13)7-18-11/h4,7-8,10,16H,3,5-6H2,1-2H3,(H2,14,15,17). The monoisotopic (exact) mass is 334 g/mol. The molecule has 4 nitrogen and oxygen atoms in total. The predicted molar refractivity (Wildman–Crippen MR) is 77.7 cm³/mol. The minimum absolute atomic E-state index is 0.248. The Kier molecular flexibility index (Phi) is 6.67. The van der Waals surface area contributed by atoms with Gasteiger partial charge in [0.2, 0.25) is 0 Å². The van der Waals surface area contributed by atoms with Crippen molar-refractivity contribution in [1.29, 1.82) is 0 Å². The highest BCUT2D eigenvalue weighted by Crippen LogP contribution is 2.19. The first-order chi connectivity index (χ1) is 8.47. The molecule has 1 aromatic heterocycles. The van der Waals surface area contributed by atoms with Crippen LogP contribution in [-0.2, 0) is 6.54 Å². The van der Waals surface area contributed by atoms with Gasteiger partial charge in [-0.3, -0.25) is 0 Å². The predicted octanol–water partition coefficient (Wildman–Crippen LogP) is 2.72. The number of hydrogen-bond donors (Lipinski definition) is 3. The summed E-state index contributed by atoms with van der Waals surface area (Å²) in [6.45, 7) is 4.87. The minimum Gasteiger partial charge on any atom is -0.391 e. The summed E-state index contributed by atoms with van der Waals surface area (Å²) in [6.07, 6.45) is 0.213. The van der Waals surface area contributed by atoms with Crippen LogP contribution in [0.25, 0.3) is 0 Å². The number of nitrogens with one attached hydrogen (secondary N) is 2. The lowest BCUT2D eigenvalue weighted by atomic mass is 10.1. The summed E-state index contributed by atoms with van der Waals surface area (Å²) >= 11 is 4.95. The number of carbonyl (C=O) groups excluding carboxylic acids is 1. The molecule has 1 heterocycles. The second kappa shape index (κ2) is 7.76. The van der Waals surface area contributed by atoms with E-state index in [0.29, 0.717) is 18.9 Å². The zero-order valence-electron chi connectivity index (χ0n) is 10.6. The maximum absolute atomic E-state index is 11.5. The molecule has 1 unspecified atom stereocenters. The van der Waals surface area contributed by atoms with Crippen molar-refractivity contribution in [2.75, 3.05) is 6.54 Å². The quantitative estimate of drug-likeness (QED) is 0.749. The van der Waals surface area contributed by atoms with Crippen LogP contribution in [0.1, 0.15) is 25.1 Å². The topological polar surface area (TPSA) is 61.4 Å². The third-order valence-electron chi connectivity index (χ3n) is 2.29. The van der Waals surface area contributed by atoms with E-state index in [0.717, 1.165) is 9.35 Å². The van der Waals surface area contributed by atoms with Crippen molar-refractivity contribution in [3.8, 4) is 0 Å². The highest BCUT2D eigenvalue weighted by Gasteiger charge is 2.08. The van der Waals surface area contributed by atoms with Gasteiger partial charge < -0.3 is 15.7 Å². The first kappa shape index (κ1) is 15.5. The zero-order chi connectivity index (χ0) is 13.5. The van der Waals surface area contributed by atoms with E-state index in [9.17, 15) is 9.90 Å². The molecule has 0 aliphatic rings. The molecule has 0 saturated heterocycles. The first-order valence-corrected chi connectivity index (χ1v) is 7.57. The van der Waals surface area contributed by atoms with Crippen molar-refractivity contribution in [2.24, 2.45) is 5.92 Å². The lowest BCUT2D eigenvalue weighted by molar-refractivity contribution is 0.147. The number of aliphatic hydroxyl groups excluding tert-OH is 1.